The summed E-state index contributed by atoms with van der Waals surface area (Å²) in [4.78, 5) is 21.9. The van der Waals surface area contributed by atoms with Crippen LogP contribution in [0, 0.1) is 11.3 Å². The molecule has 21 heavy (non-hydrogen) atoms. The van der Waals surface area contributed by atoms with Gasteiger partial charge in [0.05, 0.1) is 13.0 Å². The Balaban J connectivity index is 4.28. The first-order chi connectivity index (χ1) is 10.0. The lowest BCUT2D eigenvalue weighted by Gasteiger charge is -2.16. The molecule has 0 aromatic heterocycles. The monoisotopic (exact) mass is 299 g/mol. The Hall–Kier alpha value is -2.11. The minimum absolute atomic E-state index is 0.0340. The van der Waals surface area contributed by atoms with E-state index in [0.717, 1.165) is 0 Å². The lowest BCUT2D eigenvalue weighted by Crippen LogP contribution is -2.31. The molecule has 0 aromatic carbocycles. The number of hydrogen-bond acceptors (Lipinski definition) is 6. The average Bonchev–Trinajstić information content (AvgIpc) is 2.43. The molecule has 0 rings (SSSR count). The molecule has 0 radical (unpaired) electrons. The summed E-state index contributed by atoms with van der Waals surface area (Å²) in [5, 5.41) is 22.4. The smallest absolute Gasteiger partial charge is 0.305 e. The van der Waals surface area contributed by atoms with Crippen molar-refractivity contribution in [1.29, 1.82) is 5.26 Å². The second-order valence-electron chi connectivity index (χ2n) is 3.82. The van der Waals surface area contributed by atoms with Gasteiger partial charge in [-0.25, -0.2) is 0 Å². The molecule has 0 aliphatic heterocycles. The molecular weight excluding hydrogens is 278 g/mol. The molecular formula is C13H21N3O5. The zero-order valence-corrected chi connectivity index (χ0v) is 12.2. The third-order valence-corrected chi connectivity index (χ3v) is 2.23. The first-order valence-electron chi connectivity index (χ1n) is 6.61. The van der Waals surface area contributed by atoms with Gasteiger partial charge in [0.1, 0.15) is 11.6 Å². The van der Waals surface area contributed by atoms with E-state index >= 15 is 0 Å². The van der Waals surface area contributed by atoms with Crippen LogP contribution in [-0.2, 0) is 19.1 Å². The molecule has 0 saturated carbocycles. The fourth-order valence-electron chi connectivity index (χ4n) is 1.32. The number of carbonyl (C=O) groups is 2. The Morgan fingerprint density at radius 2 is 1.95 bits per heavy atom. The van der Waals surface area contributed by atoms with Crippen molar-refractivity contribution in [3.8, 4) is 6.07 Å². The topological polar surface area (TPSA) is 121 Å². The van der Waals surface area contributed by atoms with Crippen LogP contribution in [0.3, 0.4) is 0 Å². The Morgan fingerprint density at radius 3 is 2.43 bits per heavy atom. The molecule has 8 nitrogen and oxygen atoms in total. The Bertz CT molecular complexity index is 397. The second kappa shape index (κ2) is 11.7. The van der Waals surface area contributed by atoms with Crippen molar-refractivity contribution in [2.75, 3.05) is 26.3 Å². The summed E-state index contributed by atoms with van der Waals surface area (Å²) in [5.74, 6) is -1.65. The van der Waals surface area contributed by atoms with Crippen LogP contribution in [0.5, 0.6) is 0 Å². The molecule has 0 aromatic rings. The number of carbonyl (C=O) groups excluding carboxylic acids is 1. The van der Waals surface area contributed by atoms with Gasteiger partial charge >= 0.3 is 5.97 Å². The van der Waals surface area contributed by atoms with Gasteiger partial charge in [0.2, 0.25) is 0 Å². The molecule has 3 N–H and O–H groups in total. The van der Waals surface area contributed by atoms with Gasteiger partial charge in [-0.3, -0.25) is 9.59 Å². The highest BCUT2D eigenvalue weighted by molar-refractivity contribution is 5.97. The van der Waals surface area contributed by atoms with E-state index in [1.165, 1.54) is 6.20 Å². The van der Waals surface area contributed by atoms with E-state index < -0.39 is 18.2 Å². The molecule has 0 atom stereocenters. The maximum atomic E-state index is 11.6. The minimum Gasteiger partial charge on any atom is -0.481 e. The quantitative estimate of drug-likeness (QED) is 0.278. The molecule has 0 fully saturated rings. The molecule has 0 bridgehead atoms. The average molecular weight is 299 g/mol. The summed E-state index contributed by atoms with van der Waals surface area (Å²) in [7, 11) is 0. The van der Waals surface area contributed by atoms with Crippen molar-refractivity contribution in [1.82, 2.24) is 10.6 Å². The molecule has 0 spiro atoms. The van der Waals surface area contributed by atoms with Crippen molar-refractivity contribution in [2.24, 2.45) is 0 Å². The lowest BCUT2D eigenvalue weighted by atomic mass is 10.3. The number of carboxylic acid groups (broad SMARTS) is 1. The second-order valence-corrected chi connectivity index (χ2v) is 3.82. The Kier molecular flexibility index (Phi) is 10.5. The molecule has 1 amide bonds. The summed E-state index contributed by atoms with van der Waals surface area (Å²) in [5.41, 5.74) is -0.146. The van der Waals surface area contributed by atoms with Crippen molar-refractivity contribution in [3.05, 3.63) is 11.8 Å². The molecule has 0 heterocycles. The number of carboxylic acids is 1. The number of amides is 1. The number of hydrogen-bond donors (Lipinski definition) is 3. The van der Waals surface area contributed by atoms with Crippen molar-refractivity contribution < 1.29 is 24.2 Å². The number of ether oxygens (including phenoxy) is 2. The number of nitrogens with one attached hydrogen (secondary N) is 2. The molecule has 0 aliphatic carbocycles. The van der Waals surface area contributed by atoms with Gasteiger partial charge in [-0.1, -0.05) is 0 Å². The highest BCUT2D eigenvalue weighted by atomic mass is 16.7. The van der Waals surface area contributed by atoms with Crippen LogP contribution < -0.4 is 10.6 Å². The maximum absolute atomic E-state index is 11.6. The first-order valence-corrected chi connectivity index (χ1v) is 6.61. The summed E-state index contributed by atoms with van der Waals surface area (Å²) in [6, 6.07) is 1.74. The van der Waals surface area contributed by atoms with Gasteiger partial charge in [0, 0.05) is 26.0 Å². The molecule has 0 saturated heterocycles. The van der Waals surface area contributed by atoms with Crippen LogP contribution in [0.2, 0.25) is 0 Å². The minimum atomic E-state index is -1.02. The van der Waals surface area contributed by atoms with Gasteiger partial charge in [-0.2, -0.15) is 5.26 Å². The van der Waals surface area contributed by atoms with Crippen molar-refractivity contribution in [3.63, 3.8) is 0 Å². The van der Waals surface area contributed by atoms with Crippen LogP contribution in [0.1, 0.15) is 20.3 Å². The molecule has 0 aliphatic rings. The van der Waals surface area contributed by atoms with Crippen LogP contribution in [0.4, 0.5) is 0 Å². The summed E-state index contributed by atoms with van der Waals surface area (Å²) in [6.07, 6.45) is 0.585. The van der Waals surface area contributed by atoms with E-state index in [0.29, 0.717) is 13.2 Å². The third kappa shape index (κ3) is 9.43. The largest absolute Gasteiger partial charge is 0.481 e. The van der Waals surface area contributed by atoms with E-state index in [4.69, 9.17) is 19.8 Å². The summed E-state index contributed by atoms with van der Waals surface area (Å²) < 4.78 is 10.6. The zero-order chi connectivity index (χ0) is 16.1. The summed E-state index contributed by atoms with van der Waals surface area (Å²) >= 11 is 0. The highest BCUT2D eigenvalue weighted by Gasteiger charge is 2.10. The van der Waals surface area contributed by atoms with E-state index in [1.54, 1.807) is 6.07 Å². The highest BCUT2D eigenvalue weighted by Crippen LogP contribution is 1.95. The summed E-state index contributed by atoms with van der Waals surface area (Å²) in [6.45, 7) is 4.88. The van der Waals surface area contributed by atoms with E-state index in [9.17, 15) is 9.59 Å². The number of nitrogens with zero attached hydrogens (tertiary/aromatic N) is 1. The van der Waals surface area contributed by atoms with Crippen LogP contribution in [0.25, 0.3) is 0 Å². The van der Waals surface area contributed by atoms with Crippen LogP contribution in [-0.4, -0.2) is 49.6 Å². The number of aliphatic carboxylic acids is 1. The molecule has 0 unspecified atom stereocenters. The van der Waals surface area contributed by atoms with Gasteiger partial charge in [0.25, 0.3) is 5.91 Å². The fraction of sp³-hybridized carbons (Fsp3) is 0.615. The Morgan fingerprint density at radius 1 is 1.33 bits per heavy atom. The first kappa shape index (κ1) is 18.9. The van der Waals surface area contributed by atoms with Gasteiger partial charge in [-0.05, 0) is 13.8 Å². The zero-order valence-electron chi connectivity index (χ0n) is 12.2. The van der Waals surface area contributed by atoms with Crippen LogP contribution in [0.15, 0.2) is 11.8 Å². The predicted octanol–water partition coefficient (Wildman–Crippen LogP) is -0.0265. The SMILES string of the molecule is CCOC(CN/C=C(/C#N)C(=O)NCCC(=O)O)OCC. The third-order valence-electron chi connectivity index (χ3n) is 2.23. The number of rotatable bonds is 11. The van der Waals surface area contributed by atoms with E-state index in [1.807, 2.05) is 13.8 Å². The van der Waals surface area contributed by atoms with E-state index in [-0.39, 0.29) is 25.1 Å². The standard InChI is InChI=1S/C13H21N3O5/c1-3-20-12(21-4-2)9-15-8-10(7-14)13(19)16-6-5-11(17)18/h8,12,15H,3-6,9H2,1-2H3,(H,16,19)(H,17,18)/b10-8-. The van der Waals surface area contributed by atoms with E-state index in [2.05, 4.69) is 10.6 Å². The lowest BCUT2D eigenvalue weighted by molar-refractivity contribution is -0.137. The van der Waals surface area contributed by atoms with Gasteiger partial charge in [-0.15, -0.1) is 0 Å². The Labute approximate surface area is 123 Å². The normalized spacial score (nSPS) is 11.0. The molecule has 118 valence electrons. The van der Waals surface area contributed by atoms with Gasteiger partial charge in [0.15, 0.2) is 6.29 Å². The predicted molar refractivity (Wildman–Crippen MR) is 74.0 cm³/mol. The number of nitriles is 1. The van der Waals surface area contributed by atoms with Crippen molar-refractivity contribution >= 4 is 11.9 Å². The van der Waals surface area contributed by atoms with Crippen LogP contribution >= 0.6 is 0 Å². The molecule has 8 heteroatoms. The fourth-order valence-corrected chi connectivity index (χ4v) is 1.32. The van der Waals surface area contributed by atoms with Gasteiger partial charge < -0.3 is 25.2 Å². The maximum Gasteiger partial charge on any atom is 0.305 e. The van der Waals surface area contributed by atoms with Crippen molar-refractivity contribution in [2.45, 2.75) is 26.6 Å².